The minimum atomic E-state index is -0.750. The van der Waals surface area contributed by atoms with Crippen LogP contribution in [0.2, 0.25) is 0 Å². The molecule has 0 aliphatic heterocycles. The molecule has 3 rings (SSSR count). The van der Waals surface area contributed by atoms with Gasteiger partial charge in [0, 0.05) is 5.92 Å². The highest BCUT2D eigenvalue weighted by molar-refractivity contribution is 5.80. The van der Waals surface area contributed by atoms with Crippen molar-refractivity contribution in [3.8, 4) is 0 Å². The quantitative estimate of drug-likeness (QED) is 0.808. The van der Waals surface area contributed by atoms with Crippen LogP contribution in [0.3, 0.4) is 0 Å². The van der Waals surface area contributed by atoms with Crippen LogP contribution in [0.4, 0.5) is 0 Å². The number of benzene rings is 1. The number of carboxylic acids is 1. The Balaban J connectivity index is 1.60. The van der Waals surface area contributed by atoms with Gasteiger partial charge in [-0.15, -0.1) is 0 Å². The molecule has 1 aliphatic carbocycles. The van der Waals surface area contributed by atoms with Crippen LogP contribution in [0.15, 0.2) is 24.3 Å². The smallest absolute Gasteiger partial charge is 0.306 e. The summed E-state index contributed by atoms with van der Waals surface area (Å²) in [6.45, 7) is 1.90. The van der Waals surface area contributed by atoms with Gasteiger partial charge in [-0.3, -0.25) is 9.59 Å². The molecule has 1 aromatic carbocycles. The molecular formula is C17H21N3O3. The van der Waals surface area contributed by atoms with E-state index < -0.39 is 5.97 Å². The molecule has 1 aromatic heterocycles. The molecule has 1 unspecified atom stereocenters. The average Bonchev–Trinajstić information content (AvgIpc) is 2.99. The van der Waals surface area contributed by atoms with Crippen LogP contribution >= 0.6 is 0 Å². The second-order valence-electron chi connectivity index (χ2n) is 6.26. The van der Waals surface area contributed by atoms with E-state index in [9.17, 15) is 9.59 Å². The Kier molecular flexibility index (Phi) is 4.32. The van der Waals surface area contributed by atoms with E-state index in [1.165, 1.54) is 0 Å². The maximum Gasteiger partial charge on any atom is 0.306 e. The van der Waals surface area contributed by atoms with Gasteiger partial charge in [-0.05, 0) is 44.7 Å². The number of H-pyrrole nitrogens is 1. The number of para-hydroxylation sites is 2. The Labute approximate surface area is 134 Å². The van der Waals surface area contributed by atoms with Crippen LogP contribution in [0.1, 0.15) is 44.5 Å². The molecule has 1 atom stereocenters. The summed E-state index contributed by atoms with van der Waals surface area (Å²) < 4.78 is 0. The molecule has 1 saturated carbocycles. The van der Waals surface area contributed by atoms with Crippen LogP contribution < -0.4 is 5.32 Å². The number of aromatic amines is 1. The topological polar surface area (TPSA) is 95.1 Å². The van der Waals surface area contributed by atoms with Crippen molar-refractivity contribution in [2.24, 2.45) is 11.8 Å². The van der Waals surface area contributed by atoms with E-state index in [4.69, 9.17) is 5.11 Å². The number of aromatic nitrogens is 2. The molecule has 0 radical (unpaired) electrons. The number of nitrogens with one attached hydrogen (secondary N) is 2. The number of carbonyl (C=O) groups excluding carboxylic acids is 1. The van der Waals surface area contributed by atoms with Gasteiger partial charge in [-0.25, -0.2) is 4.98 Å². The fourth-order valence-electron chi connectivity index (χ4n) is 3.18. The number of hydrogen-bond donors (Lipinski definition) is 3. The van der Waals surface area contributed by atoms with Crippen molar-refractivity contribution >= 4 is 22.9 Å². The van der Waals surface area contributed by atoms with Crippen molar-refractivity contribution in [1.29, 1.82) is 0 Å². The number of fused-ring (bicyclic) bond motifs is 1. The Bertz CT molecular complexity index is 684. The van der Waals surface area contributed by atoms with Crippen LogP contribution in [0.25, 0.3) is 11.0 Å². The number of imidazole rings is 1. The molecule has 3 N–H and O–H groups in total. The zero-order chi connectivity index (χ0) is 16.4. The van der Waals surface area contributed by atoms with Crippen LogP contribution in [0, 0.1) is 11.8 Å². The van der Waals surface area contributed by atoms with E-state index >= 15 is 0 Å². The lowest BCUT2D eigenvalue weighted by atomic mass is 9.81. The molecule has 1 heterocycles. The number of amides is 1. The van der Waals surface area contributed by atoms with Gasteiger partial charge in [0.1, 0.15) is 5.82 Å². The van der Waals surface area contributed by atoms with Crippen molar-refractivity contribution in [1.82, 2.24) is 15.3 Å². The Hall–Kier alpha value is -2.37. The van der Waals surface area contributed by atoms with Crippen molar-refractivity contribution in [3.05, 3.63) is 30.1 Å². The summed E-state index contributed by atoms with van der Waals surface area (Å²) in [5, 5.41) is 12.0. The van der Waals surface area contributed by atoms with Gasteiger partial charge in [-0.1, -0.05) is 12.1 Å². The summed E-state index contributed by atoms with van der Waals surface area (Å²) in [6.07, 6.45) is 2.42. The van der Waals surface area contributed by atoms with Gasteiger partial charge in [-0.2, -0.15) is 0 Å². The van der Waals surface area contributed by atoms with Crippen LogP contribution in [-0.2, 0) is 9.59 Å². The molecule has 23 heavy (non-hydrogen) atoms. The zero-order valence-corrected chi connectivity index (χ0v) is 13.1. The van der Waals surface area contributed by atoms with Gasteiger partial charge >= 0.3 is 5.97 Å². The first-order chi connectivity index (χ1) is 11.0. The van der Waals surface area contributed by atoms with E-state index in [0.29, 0.717) is 25.7 Å². The van der Waals surface area contributed by atoms with Crippen molar-refractivity contribution < 1.29 is 14.7 Å². The molecule has 0 saturated heterocycles. The monoisotopic (exact) mass is 315 g/mol. The van der Waals surface area contributed by atoms with E-state index in [0.717, 1.165) is 16.9 Å². The van der Waals surface area contributed by atoms with Crippen molar-refractivity contribution in [3.63, 3.8) is 0 Å². The Morgan fingerprint density at radius 3 is 2.52 bits per heavy atom. The van der Waals surface area contributed by atoms with Gasteiger partial charge in [0.05, 0.1) is 23.0 Å². The molecule has 0 bridgehead atoms. The molecule has 6 nitrogen and oxygen atoms in total. The van der Waals surface area contributed by atoms with E-state index in [2.05, 4.69) is 15.3 Å². The second-order valence-corrected chi connectivity index (χ2v) is 6.26. The highest BCUT2D eigenvalue weighted by atomic mass is 16.4. The van der Waals surface area contributed by atoms with E-state index in [1.54, 1.807) is 0 Å². The summed E-state index contributed by atoms with van der Waals surface area (Å²) in [5.74, 6) is -0.427. The minimum absolute atomic E-state index is 0.0122. The Morgan fingerprint density at radius 2 is 1.87 bits per heavy atom. The third-order valence-corrected chi connectivity index (χ3v) is 4.62. The molecule has 1 fully saturated rings. The highest BCUT2D eigenvalue weighted by Crippen LogP contribution is 2.29. The molecule has 2 aromatic rings. The lowest BCUT2D eigenvalue weighted by Crippen LogP contribution is -2.36. The summed E-state index contributed by atoms with van der Waals surface area (Å²) in [7, 11) is 0. The molecular weight excluding hydrogens is 294 g/mol. The summed E-state index contributed by atoms with van der Waals surface area (Å²) >= 11 is 0. The third-order valence-electron chi connectivity index (χ3n) is 4.62. The number of carbonyl (C=O) groups is 2. The number of nitrogens with zero attached hydrogens (tertiary/aromatic N) is 1. The van der Waals surface area contributed by atoms with E-state index in [1.807, 2.05) is 31.2 Å². The molecule has 1 amide bonds. The van der Waals surface area contributed by atoms with Crippen molar-refractivity contribution in [2.75, 3.05) is 0 Å². The molecule has 122 valence electrons. The van der Waals surface area contributed by atoms with Crippen LogP contribution in [0.5, 0.6) is 0 Å². The second kappa shape index (κ2) is 6.40. The highest BCUT2D eigenvalue weighted by Gasteiger charge is 2.30. The van der Waals surface area contributed by atoms with Gasteiger partial charge in [0.2, 0.25) is 5.91 Å². The normalized spacial score (nSPS) is 22.7. The first-order valence-corrected chi connectivity index (χ1v) is 8.02. The van der Waals surface area contributed by atoms with E-state index in [-0.39, 0.29) is 23.8 Å². The number of carboxylic acid groups (broad SMARTS) is 1. The first-order valence-electron chi connectivity index (χ1n) is 8.02. The standard InChI is InChI=1S/C17H21N3O3/c1-10(15-19-13-4-2-3-5-14(13)20-15)18-16(21)11-6-8-12(9-7-11)17(22)23/h2-5,10-12H,6-9H2,1H3,(H,18,21)(H,19,20)(H,22,23). The number of aliphatic carboxylic acids is 1. The maximum absolute atomic E-state index is 12.4. The molecule has 0 spiro atoms. The third kappa shape index (κ3) is 3.36. The fraction of sp³-hybridized carbons (Fsp3) is 0.471. The summed E-state index contributed by atoms with van der Waals surface area (Å²) in [4.78, 5) is 31.1. The lowest BCUT2D eigenvalue weighted by Gasteiger charge is -2.26. The SMILES string of the molecule is CC(NC(=O)C1CCC(C(=O)O)CC1)c1nc2ccccc2[nH]1. The van der Waals surface area contributed by atoms with Gasteiger partial charge in [0.15, 0.2) is 0 Å². The lowest BCUT2D eigenvalue weighted by molar-refractivity contribution is -0.144. The maximum atomic E-state index is 12.4. The van der Waals surface area contributed by atoms with Gasteiger partial charge < -0.3 is 15.4 Å². The summed E-state index contributed by atoms with van der Waals surface area (Å²) in [5.41, 5.74) is 1.83. The number of hydrogen-bond acceptors (Lipinski definition) is 3. The molecule has 6 heteroatoms. The number of rotatable bonds is 4. The first kappa shape index (κ1) is 15.5. The van der Waals surface area contributed by atoms with Gasteiger partial charge in [0.25, 0.3) is 0 Å². The van der Waals surface area contributed by atoms with Crippen molar-refractivity contribution in [2.45, 2.75) is 38.6 Å². The van der Waals surface area contributed by atoms with Crippen LogP contribution in [-0.4, -0.2) is 27.0 Å². The fourth-order valence-corrected chi connectivity index (χ4v) is 3.18. The summed E-state index contributed by atoms with van der Waals surface area (Å²) in [6, 6.07) is 7.54. The largest absolute Gasteiger partial charge is 0.481 e. The predicted octanol–water partition coefficient (Wildman–Crippen LogP) is 2.63. The predicted molar refractivity (Wildman–Crippen MR) is 85.7 cm³/mol. The average molecular weight is 315 g/mol. The zero-order valence-electron chi connectivity index (χ0n) is 13.1. The Morgan fingerprint density at radius 1 is 1.22 bits per heavy atom. The molecule has 1 aliphatic rings. The minimum Gasteiger partial charge on any atom is -0.481 e.